The van der Waals surface area contributed by atoms with Gasteiger partial charge in [0.2, 0.25) is 0 Å². The first-order valence-corrected chi connectivity index (χ1v) is 22.7. The van der Waals surface area contributed by atoms with Crippen molar-refractivity contribution in [3.63, 3.8) is 0 Å². The van der Waals surface area contributed by atoms with E-state index in [-0.39, 0.29) is 33.0 Å². The molecule has 11 nitrogen and oxygen atoms in total. The molecule has 344 valence electrons. The molecule has 3 fully saturated rings. The molecule has 3 saturated heterocycles. The Bertz CT molecular complexity index is 2270. The normalized spacial score (nSPS) is 27.5. The van der Waals surface area contributed by atoms with Gasteiger partial charge in [-0.2, -0.15) is 0 Å². The molecule has 3 aliphatic heterocycles. The number of hydrogen-bond acceptors (Lipinski definition) is 11. The smallest absolute Gasteiger partial charge is 0.187 e. The number of methoxy groups -OCH3 is 1. The molecule has 9 rings (SSSR count). The fourth-order valence-corrected chi connectivity index (χ4v) is 8.63. The maximum atomic E-state index is 7.40. The molecule has 6 aromatic carbocycles. The fourth-order valence-electron chi connectivity index (χ4n) is 8.63. The van der Waals surface area contributed by atoms with Crippen LogP contribution in [0.3, 0.4) is 0 Å². The van der Waals surface area contributed by atoms with Gasteiger partial charge in [-0.15, -0.1) is 0 Å². The minimum atomic E-state index is -1.05. The Balaban J connectivity index is 1.10. The predicted molar refractivity (Wildman–Crippen MR) is 245 cm³/mol. The van der Waals surface area contributed by atoms with Crippen molar-refractivity contribution in [3.8, 4) is 0 Å². The van der Waals surface area contributed by atoms with Crippen molar-refractivity contribution in [3.05, 3.63) is 215 Å². The van der Waals surface area contributed by atoms with Gasteiger partial charge < -0.3 is 52.1 Å². The summed E-state index contributed by atoms with van der Waals surface area (Å²) < 4.78 is 74.6. The van der Waals surface area contributed by atoms with Gasteiger partial charge in [-0.25, -0.2) is 0 Å². The minimum absolute atomic E-state index is 0.166. The molecule has 3 heterocycles. The van der Waals surface area contributed by atoms with Crippen LogP contribution in [-0.4, -0.2) is 81.7 Å². The molecule has 6 aromatic rings. The first-order valence-electron chi connectivity index (χ1n) is 22.7. The van der Waals surface area contributed by atoms with E-state index >= 15 is 0 Å². The zero-order valence-electron chi connectivity index (χ0n) is 37.1. The lowest BCUT2D eigenvalue weighted by Gasteiger charge is -2.51. The highest BCUT2D eigenvalue weighted by molar-refractivity contribution is 5.19. The summed E-state index contributed by atoms with van der Waals surface area (Å²) in [6, 6.07) is 60.1. The Labute approximate surface area is 387 Å². The lowest BCUT2D eigenvalue weighted by molar-refractivity contribution is -0.399. The van der Waals surface area contributed by atoms with Gasteiger partial charge in [-0.05, 0) is 27.8 Å². The standard InChI is InChI=1S/C55H58O11/c1-56-54-52(61-36-43-28-16-6-17-29-43)50(48-46(63-54)38-62-53(65-48)44-30-18-7-19-31-44)66-55-51(60-35-42-26-14-5-15-27-42)49(59-34-41-24-12-4-13-25-41)47(58-33-40-22-10-3-11-23-40)45(64-55)37-57-32-39-20-8-2-9-21-39/h2-31,45-55H,32-38H2,1H3/t45-,46-,47-,48-,49+,50+,51-,52-,53-,54+,55-/m1/s1. The Kier molecular flexibility index (Phi) is 16.4. The number of rotatable bonds is 20. The first-order chi connectivity index (χ1) is 32.7. The van der Waals surface area contributed by atoms with Crippen molar-refractivity contribution in [1.29, 1.82) is 0 Å². The zero-order chi connectivity index (χ0) is 44.8. The van der Waals surface area contributed by atoms with Gasteiger partial charge in [0.15, 0.2) is 18.9 Å². The van der Waals surface area contributed by atoms with Crippen LogP contribution in [0.1, 0.15) is 39.7 Å². The number of hydrogen-bond donors (Lipinski definition) is 0. The van der Waals surface area contributed by atoms with Crippen molar-refractivity contribution in [2.75, 3.05) is 20.3 Å². The summed E-state index contributed by atoms with van der Waals surface area (Å²) in [5.41, 5.74) is 5.85. The van der Waals surface area contributed by atoms with Crippen LogP contribution in [0, 0.1) is 0 Å². The van der Waals surface area contributed by atoms with Gasteiger partial charge in [-0.1, -0.05) is 182 Å². The Morgan fingerprint density at radius 2 is 0.848 bits per heavy atom. The zero-order valence-corrected chi connectivity index (χ0v) is 37.1. The second kappa shape index (κ2) is 23.6. The molecule has 0 spiro atoms. The monoisotopic (exact) mass is 894 g/mol. The molecule has 0 unspecified atom stereocenters. The summed E-state index contributed by atoms with van der Waals surface area (Å²) >= 11 is 0. The third-order valence-electron chi connectivity index (χ3n) is 12.0. The van der Waals surface area contributed by atoms with Gasteiger partial charge in [-0.3, -0.25) is 0 Å². The van der Waals surface area contributed by atoms with Crippen molar-refractivity contribution in [1.82, 2.24) is 0 Å². The molecule has 0 aromatic heterocycles. The van der Waals surface area contributed by atoms with Gasteiger partial charge in [0.1, 0.15) is 48.8 Å². The van der Waals surface area contributed by atoms with E-state index in [1.165, 1.54) is 0 Å². The van der Waals surface area contributed by atoms with Crippen LogP contribution in [0.4, 0.5) is 0 Å². The molecule has 0 saturated carbocycles. The Morgan fingerprint density at radius 3 is 1.33 bits per heavy atom. The summed E-state index contributed by atoms with van der Waals surface area (Å²) in [4.78, 5) is 0. The van der Waals surface area contributed by atoms with E-state index < -0.39 is 67.7 Å². The lowest BCUT2D eigenvalue weighted by atomic mass is 9.95. The average molecular weight is 895 g/mol. The second-order valence-electron chi connectivity index (χ2n) is 16.6. The Hall–Kier alpha value is -5.12. The van der Waals surface area contributed by atoms with Crippen LogP contribution < -0.4 is 0 Å². The van der Waals surface area contributed by atoms with E-state index in [9.17, 15) is 0 Å². The molecular weight excluding hydrogens is 837 g/mol. The summed E-state index contributed by atoms with van der Waals surface area (Å²) in [7, 11) is 1.60. The van der Waals surface area contributed by atoms with Crippen LogP contribution in [0.2, 0.25) is 0 Å². The van der Waals surface area contributed by atoms with Gasteiger partial charge in [0.05, 0.1) is 46.2 Å². The lowest BCUT2D eigenvalue weighted by Crippen LogP contribution is -2.67. The molecule has 66 heavy (non-hydrogen) atoms. The fraction of sp³-hybridized carbons (Fsp3) is 0.345. The molecule has 0 N–H and O–H groups in total. The summed E-state index contributed by atoms with van der Waals surface area (Å²) in [6.07, 6.45) is -8.32. The van der Waals surface area contributed by atoms with Crippen molar-refractivity contribution in [2.24, 2.45) is 0 Å². The van der Waals surface area contributed by atoms with Gasteiger partial charge >= 0.3 is 0 Å². The number of ether oxygens (including phenoxy) is 11. The van der Waals surface area contributed by atoms with Gasteiger partial charge in [0.25, 0.3) is 0 Å². The highest BCUT2D eigenvalue weighted by Gasteiger charge is 2.56. The largest absolute Gasteiger partial charge is 0.374 e. The molecule has 0 bridgehead atoms. The highest BCUT2D eigenvalue weighted by Crippen LogP contribution is 2.40. The Morgan fingerprint density at radius 1 is 0.424 bits per heavy atom. The van der Waals surface area contributed by atoms with Gasteiger partial charge in [0, 0.05) is 12.7 Å². The van der Waals surface area contributed by atoms with Crippen LogP contribution >= 0.6 is 0 Å². The summed E-state index contributed by atoms with van der Waals surface area (Å²) in [5, 5.41) is 0. The average Bonchev–Trinajstić information content (AvgIpc) is 3.38. The third kappa shape index (κ3) is 12.1. The van der Waals surface area contributed by atoms with Crippen LogP contribution in [0.25, 0.3) is 0 Å². The molecule has 3 aliphatic rings. The van der Waals surface area contributed by atoms with E-state index in [2.05, 4.69) is 0 Å². The predicted octanol–water partition coefficient (Wildman–Crippen LogP) is 9.14. The van der Waals surface area contributed by atoms with E-state index in [0.29, 0.717) is 13.2 Å². The van der Waals surface area contributed by atoms with Crippen LogP contribution in [-0.2, 0) is 85.1 Å². The van der Waals surface area contributed by atoms with Crippen LogP contribution in [0.15, 0.2) is 182 Å². The second-order valence-corrected chi connectivity index (χ2v) is 16.6. The minimum Gasteiger partial charge on any atom is -0.374 e. The molecular formula is C55H58O11. The van der Waals surface area contributed by atoms with E-state index in [1.807, 2.05) is 182 Å². The summed E-state index contributed by atoms with van der Waals surface area (Å²) in [5.74, 6) is 0. The topological polar surface area (TPSA) is 102 Å². The van der Waals surface area contributed by atoms with Crippen molar-refractivity contribution >= 4 is 0 Å². The number of fused-ring (bicyclic) bond motifs is 1. The van der Waals surface area contributed by atoms with E-state index in [4.69, 9.17) is 52.1 Å². The molecule has 0 aliphatic carbocycles. The van der Waals surface area contributed by atoms with Crippen molar-refractivity contribution < 1.29 is 52.1 Å². The highest BCUT2D eigenvalue weighted by atomic mass is 16.8. The van der Waals surface area contributed by atoms with E-state index in [0.717, 1.165) is 33.4 Å². The maximum Gasteiger partial charge on any atom is 0.187 e. The first kappa shape index (κ1) is 46.0. The molecule has 11 heteroatoms. The number of benzene rings is 6. The van der Waals surface area contributed by atoms with Crippen molar-refractivity contribution in [2.45, 2.75) is 101 Å². The SMILES string of the molecule is CO[C@H]1O[C@@H]2CO[C@@H](c3ccccc3)O[C@H]2[C@H](O[C@H]2O[C@H](COCc3ccccc3)[C@@H](OCc3ccccc3)[C@H](OCc3ccccc3)[C@H]2OCc2ccccc2)[C@H]1OCc1ccccc1. The quantitative estimate of drug-likeness (QED) is 0.0734. The summed E-state index contributed by atoms with van der Waals surface area (Å²) in [6.45, 7) is 1.85. The molecule has 11 atom stereocenters. The van der Waals surface area contributed by atoms with E-state index in [1.54, 1.807) is 7.11 Å². The maximum absolute atomic E-state index is 7.40. The third-order valence-corrected chi connectivity index (χ3v) is 12.0. The van der Waals surface area contributed by atoms with Crippen LogP contribution in [0.5, 0.6) is 0 Å². The molecule has 0 amide bonds. The molecule has 0 radical (unpaired) electrons.